The lowest BCUT2D eigenvalue weighted by Gasteiger charge is -2.08. The number of aromatic hydroxyl groups is 1. The maximum atomic E-state index is 11.0. The maximum Gasteiger partial charge on any atom is 0.298 e. The molecular formula is C12H9ClO5S. The number of hydrogen-bond donors (Lipinski definition) is 2. The largest absolute Gasteiger partial charge is 0.506 e. The van der Waals surface area contributed by atoms with Crippen molar-refractivity contribution in [3.63, 3.8) is 0 Å². The Labute approximate surface area is 114 Å². The summed E-state index contributed by atoms with van der Waals surface area (Å²) in [6.07, 6.45) is 0. The second kappa shape index (κ2) is 5.08. The number of phenolic OH excluding ortho intramolecular Hbond substituents is 1. The molecule has 7 heteroatoms. The molecule has 0 amide bonds. The summed E-state index contributed by atoms with van der Waals surface area (Å²) in [6, 6.07) is 9.94. The van der Waals surface area contributed by atoms with E-state index in [1.54, 1.807) is 24.3 Å². The van der Waals surface area contributed by atoms with Crippen molar-refractivity contribution in [3.8, 4) is 17.2 Å². The molecule has 0 atom stereocenters. The summed E-state index contributed by atoms with van der Waals surface area (Å²) in [5.74, 6) is 0.0510. The van der Waals surface area contributed by atoms with Gasteiger partial charge in [0.1, 0.15) is 22.1 Å². The summed E-state index contributed by atoms with van der Waals surface area (Å²) >= 11 is 5.72. The molecule has 0 unspecified atom stereocenters. The van der Waals surface area contributed by atoms with Crippen LogP contribution in [-0.4, -0.2) is 18.1 Å². The van der Waals surface area contributed by atoms with Crippen LogP contribution in [-0.2, 0) is 10.1 Å². The number of halogens is 1. The van der Waals surface area contributed by atoms with Gasteiger partial charge in [0, 0.05) is 11.1 Å². The average molecular weight is 301 g/mol. The second-order valence-corrected chi connectivity index (χ2v) is 5.49. The van der Waals surface area contributed by atoms with Crippen LogP contribution >= 0.6 is 11.6 Å². The fraction of sp³-hybridized carbons (Fsp3) is 0. The SMILES string of the molecule is O=S(=O)(O)c1cc(Oc2ccc(Cl)cc2)ccc1O. The lowest BCUT2D eigenvalue weighted by Crippen LogP contribution is -1.98. The predicted molar refractivity (Wildman–Crippen MR) is 69.4 cm³/mol. The van der Waals surface area contributed by atoms with E-state index in [4.69, 9.17) is 20.9 Å². The van der Waals surface area contributed by atoms with Gasteiger partial charge >= 0.3 is 0 Å². The van der Waals surface area contributed by atoms with E-state index < -0.39 is 20.8 Å². The first-order chi connectivity index (χ1) is 8.86. The minimum atomic E-state index is -4.51. The van der Waals surface area contributed by atoms with Gasteiger partial charge in [0.15, 0.2) is 0 Å². The number of benzene rings is 2. The van der Waals surface area contributed by atoms with Crippen LogP contribution in [0.3, 0.4) is 0 Å². The van der Waals surface area contributed by atoms with E-state index >= 15 is 0 Å². The molecule has 0 radical (unpaired) electrons. The average Bonchev–Trinajstić information content (AvgIpc) is 2.33. The van der Waals surface area contributed by atoms with Gasteiger partial charge in [0.25, 0.3) is 10.1 Å². The fourth-order valence-electron chi connectivity index (χ4n) is 1.40. The van der Waals surface area contributed by atoms with Crippen LogP contribution in [0.15, 0.2) is 47.4 Å². The first-order valence-electron chi connectivity index (χ1n) is 5.10. The molecule has 0 saturated carbocycles. The Morgan fingerprint density at radius 2 is 1.58 bits per heavy atom. The predicted octanol–water partition coefficient (Wildman–Crippen LogP) is 3.08. The summed E-state index contributed by atoms with van der Waals surface area (Å²) in [7, 11) is -4.51. The monoisotopic (exact) mass is 300 g/mol. The molecule has 0 aromatic heterocycles. The first-order valence-corrected chi connectivity index (χ1v) is 6.92. The van der Waals surface area contributed by atoms with Gasteiger partial charge in [-0.25, -0.2) is 0 Å². The molecule has 0 aliphatic rings. The lowest BCUT2D eigenvalue weighted by molar-refractivity contribution is 0.435. The molecule has 19 heavy (non-hydrogen) atoms. The van der Waals surface area contributed by atoms with Gasteiger partial charge in [0.2, 0.25) is 0 Å². The van der Waals surface area contributed by atoms with Crippen LogP contribution in [0, 0.1) is 0 Å². The van der Waals surface area contributed by atoms with E-state index in [1.165, 1.54) is 6.07 Å². The van der Waals surface area contributed by atoms with Gasteiger partial charge in [-0.3, -0.25) is 4.55 Å². The maximum absolute atomic E-state index is 11.0. The van der Waals surface area contributed by atoms with Gasteiger partial charge in [-0.2, -0.15) is 8.42 Å². The minimum absolute atomic E-state index is 0.160. The van der Waals surface area contributed by atoms with Gasteiger partial charge in [0.05, 0.1) is 0 Å². The van der Waals surface area contributed by atoms with E-state index in [2.05, 4.69) is 0 Å². The molecular weight excluding hydrogens is 292 g/mol. The zero-order valence-electron chi connectivity index (χ0n) is 9.45. The van der Waals surface area contributed by atoms with Gasteiger partial charge in [-0.05, 0) is 36.4 Å². The Kier molecular flexibility index (Phi) is 3.66. The van der Waals surface area contributed by atoms with Crippen LogP contribution in [0.4, 0.5) is 0 Å². The summed E-state index contributed by atoms with van der Waals surface area (Å²) in [6.45, 7) is 0. The molecule has 0 spiro atoms. The van der Waals surface area contributed by atoms with E-state index in [-0.39, 0.29) is 5.75 Å². The van der Waals surface area contributed by atoms with Crippen LogP contribution in [0.5, 0.6) is 17.2 Å². The van der Waals surface area contributed by atoms with Crippen LogP contribution in [0.1, 0.15) is 0 Å². The van der Waals surface area contributed by atoms with Crippen LogP contribution in [0.2, 0.25) is 5.02 Å². The quantitative estimate of drug-likeness (QED) is 0.851. The highest BCUT2D eigenvalue weighted by Crippen LogP contribution is 2.30. The molecule has 0 fully saturated rings. The minimum Gasteiger partial charge on any atom is -0.506 e. The molecule has 0 aliphatic heterocycles. The van der Waals surface area contributed by atoms with Crippen molar-refractivity contribution in [2.45, 2.75) is 4.90 Å². The second-order valence-electron chi connectivity index (χ2n) is 3.66. The highest BCUT2D eigenvalue weighted by Gasteiger charge is 2.16. The number of phenols is 1. The molecule has 5 nitrogen and oxygen atoms in total. The smallest absolute Gasteiger partial charge is 0.298 e. The number of rotatable bonds is 3. The van der Waals surface area contributed by atoms with Gasteiger partial charge in [-0.15, -0.1) is 0 Å². The Morgan fingerprint density at radius 1 is 1.00 bits per heavy atom. The molecule has 2 N–H and O–H groups in total. The van der Waals surface area contributed by atoms with Gasteiger partial charge < -0.3 is 9.84 Å². The Bertz CT molecular complexity index is 695. The molecule has 2 rings (SSSR count). The zero-order chi connectivity index (χ0) is 14.0. The van der Waals surface area contributed by atoms with Crippen molar-refractivity contribution in [2.24, 2.45) is 0 Å². The normalized spacial score (nSPS) is 11.3. The summed E-state index contributed by atoms with van der Waals surface area (Å²) < 4.78 is 36.4. The standard InChI is InChI=1S/C12H9ClO5S/c13-8-1-3-9(4-2-8)18-10-5-6-11(14)12(7-10)19(15,16)17/h1-7,14H,(H,15,16,17). The molecule has 2 aromatic rings. The topological polar surface area (TPSA) is 83.8 Å². The van der Waals surface area contributed by atoms with Crippen molar-refractivity contribution in [2.75, 3.05) is 0 Å². The first kappa shape index (κ1) is 13.7. The third kappa shape index (κ3) is 3.37. The fourth-order valence-corrected chi connectivity index (χ4v) is 2.13. The number of hydrogen-bond acceptors (Lipinski definition) is 4. The Morgan fingerprint density at radius 3 is 2.16 bits per heavy atom. The van der Waals surface area contributed by atoms with E-state index in [0.717, 1.165) is 12.1 Å². The molecule has 100 valence electrons. The summed E-state index contributed by atoms with van der Waals surface area (Å²) in [5.41, 5.74) is 0. The Balaban J connectivity index is 2.34. The highest BCUT2D eigenvalue weighted by molar-refractivity contribution is 7.86. The third-order valence-electron chi connectivity index (χ3n) is 2.26. The lowest BCUT2D eigenvalue weighted by atomic mass is 10.3. The molecule has 2 aromatic carbocycles. The van der Waals surface area contributed by atoms with Crippen LogP contribution in [0.25, 0.3) is 0 Å². The van der Waals surface area contributed by atoms with Gasteiger partial charge in [-0.1, -0.05) is 11.6 Å². The molecule has 0 bridgehead atoms. The van der Waals surface area contributed by atoms with Crippen molar-refractivity contribution >= 4 is 21.7 Å². The van der Waals surface area contributed by atoms with Crippen LogP contribution < -0.4 is 4.74 Å². The number of ether oxygens (including phenoxy) is 1. The van der Waals surface area contributed by atoms with E-state index in [1.807, 2.05) is 0 Å². The summed E-state index contributed by atoms with van der Waals surface area (Å²) in [4.78, 5) is -0.612. The van der Waals surface area contributed by atoms with Crippen molar-refractivity contribution < 1.29 is 22.8 Å². The van der Waals surface area contributed by atoms with E-state index in [0.29, 0.717) is 10.8 Å². The van der Waals surface area contributed by atoms with E-state index in [9.17, 15) is 13.5 Å². The Hall–Kier alpha value is -1.76. The molecule has 0 aliphatic carbocycles. The van der Waals surface area contributed by atoms with Crippen molar-refractivity contribution in [3.05, 3.63) is 47.5 Å². The molecule has 0 heterocycles. The highest BCUT2D eigenvalue weighted by atomic mass is 35.5. The van der Waals surface area contributed by atoms with Crippen molar-refractivity contribution in [1.29, 1.82) is 0 Å². The molecule has 0 saturated heterocycles. The third-order valence-corrected chi connectivity index (χ3v) is 3.39. The summed E-state index contributed by atoms with van der Waals surface area (Å²) in [5, 5.41) is 9.90. The zero-order valence-corrected chi connectivity index (χ0v) is 11.0. The van der Waals surface area contributed by atoms with Crippen molar-refractivity contribution in [1.82, 2.24) is 0 Å².